The van der Waals surface area contributed by atoms with Gasteiger partial charge < -0.3 is 15.3 Å². The van der Waals surface area contributed by atoms with Crippen molar-refractivity contribution in [1.29, 1.82) is 0 Å². The van der Waals surface area contributed by atoms with E-state index in [9.17, 15) is 15.0 Å². The van der Waals surface area contributed by atoms with E-state index in [1.807, 2.05) is 6.08 Å². The zero-order chi connectivity index (χ0) is 18.2. The summed E-state index contributed by atoms with van der Waals surface area (Å²) >= 11 is 0. The molecule has 2 rings (SSSR count). The Hall–Kier alpha value is -1.13. The van der Waals surface area contributed by atoms with Crippen LogP contribution in [-0.4, -0.2) is 33.5 Å². The molecule has 0 radical (unpaired) electrons. The van der Waals surface area contributed by atoms with Crippen LogP contribution in [0.2, 0.25) is 0 Å². The normalized spacial score (nSPS) is 33.4. The van der Waals surface area contributed by atoms with E-state index in [2.05, 4.69) is 19.1 Å². The Labute approximate surface area is 151 Å². The number of carbonyl (C=O) groups is 1. The van der Waals surface area contributed by atoms with Crippen LogP contribution in [0, 0.1) is 17.8 Å². The number of rotatable bonds is 10. The Kier molecular flexibility index (Phi) is 8.17. The van der Waals surface area contributed by atoms with Crippen molar-refractivity contribution in [1.82, 2.24) is 0 Å². The van der Waals surface area contributed by atoms with Gasteiger partial charge in [0.25, 0.3) is 0 Å². The SMILES string of the molecule is CCCCCCC=C[C@@H]1[C@H]2C(O)C(=CCCCC(=O)O)C[C@H]2C[C@H]1O. The molecule has 0 aliphatic heterocycles. The maximum atomic E-state index is 10.7. The molecule has 4 heteroatoms. The molecular formula is C21H34O4. The summed E-state index contributed by atoms with van der Waals surface area (Å²) in [5.41, 5.74) is 1.05. The van der Waals surface area contributed by atoms with Gasteiger partial charge in [0.15, 0.2) is 0 Å². The lowest BCUT2D eigenvalue weighted by atomic mass is 9.88. The zero-order valence-electron chi connectivity index (χ0n) is 15.4. The number of aliphatic hydroxyl groups is 2. The molecule has 0 aromatic rings. The second-order valence-corrected chi connectivity index (χ2v) is 7.71. The first-order chi connectivity index (χ1) is 12.0. The fourth-order valence-electron chi connectivity index (χ4n) is 4.50. The molecule has 0 bridgehead atoms. The molecule has 2 fully saturated rings. The maximum absolute atomic E-state index is 10.7. The van der Waals surface area contributed by atoms with E-state index in [-0.39, 0.29) is 24.4 Å². The Bertz CT molecular complexity index is 482. The van der Waals surface area contributed by atoms with Crippen molar-refractivity contribution >= 4 is 5.97 Å². The Morgan fingerprint density at radius 3 is 2.68 bits per heavy atom. The summed E-state index contributed by atoms with van der Waals surface area (Å²) in [7, 11) is 0. The molecular weight excluding hydrogens is 316 g/mol. The van der Waals surface area contributed by atoms with Gasteiger partial charge in [-0.3, -0.25) is 4.79 Å². The highest BCUT2D eigenvalue weighted by Gasteiger charge is 2.50. The summed E-state index contributed by atoms with van der Waals surface area (Å²) in [6.45, 7) is 2.21. The number of aliphatic hydroxyl groups excluding tert-OH is 2. The monoisotopic (exact) mass is 350 g/mol. The number of hydrogen-bond donors (Lipinski definition) is 3. The average molecular weight is 350 g/mol. The minimum absolute atomic E-state index is 0.0519. The number of hydrogen-bond acceptors (Lipinski definition) is 3. The summed E-state index contributed by atoms with van der Waals surface area (Å²) in [5, 5.41) is 29.8. The van der Waals surface area contributed by atoms with Crippen molar-refractivity contribution in [2.24, 2.45) is 17.8 Å². The minimum Gasteiger partial charge on any atom is -0.481 e. The van der Waals surface area contributed by atoms with E-state index in [1.54, 1.807) is 0 Å². The molecule has 0 amide bonds. The van der Waals surface area contributed by atoms with Gasteiger partial charge in [-0.1, -0.05) is 44.4 Å². The Morgan fingerprint density at radius 2 is 1.96 bits per heavy atom. The number of unbranched alkanes of at least 4 members (excludes halogenated alkanes) is 5. The third kappa shape index (κ3) is 5.68. The van der Waals surface area contributed by atoms with Crippen molar-refractivity contribution < 1.29 is 20.1 Å². The lowest BCUT2D eigenvalue weighted by molar-refractivity contribution is -0.137. The molecule has 4 nitrogen and oxygen atoms in total. The van der Waals surface area contributed by atoms with Gasteiger partial charge in [-0.15, -0.1) is 0 Å². The molecule has 25 heavy (non-hydrogen) atoms. The Balaban J connectivity index is 1.86. The molecule has 0 heterocycles. The predicted octanol–water partition coefficient (Wildman–Crippen LogP) is 4.07. The molecule has 3 N–H and O–H groups in total. The summed E-state index contributed by atoms with van der Waals surface area (Å²) in [4.78, 5) is 10.6. The molecule has 0 saturated heterocycles. The van der Waals surface area contributed by atoms with Crippen LogP contribution in [0.3, 0.4) is 0 Å². The van der Waals surface area contributed by atoms with Crippen LogP contribution >= 0.6 is 0 Å². The average Bonchev–Trinajstić information content (AvgIpc) is 3.03. The van der Waals surface area contributed by atoms with E-state index >= 15 is 0 Å². The molecule has 0 aromatic heterocycles. The smallest absolute Gasteiger partial charge is 0.303 e. The standard InChI is InChI=1S/C21H34O4/c1-2-3-4-5-6-7-11-17-18(22)14-16-13-15(21(25)20(16)17)10-8-9-12-19(23)24/h7,10-11,16-18,20-22,25H,2-6,8-9,12-14H2,1H3,(H,23,24)/t16-,17-,18+,20-,21?/m0/s1. The highest BCUT2D eigenvalue weighted by atomic mass is 16.4. The van der Waals surface area contributed by atoms with Crippen LogP contribution in [0.15, 0.2) is 23.8 Å². The topological polar surface area (TPSA) is 77.8 Å². The first kappa shape index (κ1) is 20.2. The summed E-state index contributed by atoms with van der Waals surface area (Å²) in [6.07, 6.45) is 14.6. The molecule has 0 spiro atoms. The van der Waals surface area contributed by atoms with Crippen molar-refractivity contribution in [2.45, 2.75) is 83.3 Å². The quantitative estimate of drug-likeness (QED) is 0.410. The highest BCUT2D eigenvalue weighted by Crippen LogP contribution is 2.50. The van der Waals surface area contributed by atoms with E-state index in [0.717, 1.165) is 24.8 Å². The van der Waals surface area contributed by atoms with Crippen LogP contribution in [0.4, 0.5) is 0 Å². The van der Waals surface area contributed by atoms with Crippen LogP contribution in [0.5, 0.6) is 0 Å². The molecule has 1 unspecified atom stereocenters. The summed E-state index contributed by atoms with van der Waals surface area (Å²) < 4.78 is 0. The molecule has 2 aliphatic carbocycles. The second-order valence-electron chi connectivity index (χ2n) is 7.71. The zero-order valence-corrected chi connectivity index (χ0v) is 15.4. The molecule has 2 saturated carbocycles. The van der Waals surface area contributed by atoms with Crippen molar-refractivity contribution in [2.75, 3.05) is 0 Å². The number of fused-ring (bicyclic) bond motifs is 1. The third-order valence-electron chi connectivity index (χ3n) is 5.80. The van der Waals surface area contributed by atoms with E-state index in [4.69, 9.17) is 5.11 Å². The molecule has 142 valence electrons. The largest absolute Gasteiger partial charge is 0.481 e. The predicted molar refractivity (Wildman–Crippen MR) is 99.2 cm³/mol. The highest BCUT2D eigenvalue weighted by molar-refractivity contribution is 5.66. The summed E-state index contributed by atoms with van der Waals surface area (Å²) in [6, 6.07) is 0. The Morgan fingerprint density at radius 1 is 1.16 bits per heavy atom. The van der Waals surface area contributed by atoms with Gasteiger partial charge in [-0.05, 0) is 50.0 Å². The number of allylic oxidation sites excluding steroid dienone is 2. The van der Waals surface area contributed by atoms with E-state index in [0.29, 0.717) is 18.8 Å². The minimum atomic E-state index is -0.769. The van der Waals surface area contributed by atoms with Crippen molar-refractivity contribution in [3.8, 4) is 0 Å². The van der Waals surface area contributed by atoms with Gasteiger partial charge >= 0.3 is 5.97 Å². The lowest BCUT2D eigenvalue weighted by Gasteiger charge is -2.21. The first-order valence-corrected chi connectivity index (χ1v) is 9.98. The third-order valence-corrected chi connectivity index (χ3v) is 5.80. The molecule has 5 atom stereocenters. The lowest BCUT2D eigenvalue weighted by Crippen LogP contribution is -2.26. The van der Waals surface area contributed by atoms with Crippen LogP contribution < -0.4 is 0 Å². The van der Waals surface area contributed by atoms with Crippen molar-refractivity contribution in [3.63, 3.8) is 0 Å². The van der Waals surface area contributed by atoms with Gasteiger partial charge in [0.1, 0.15) is 0 Å². The van der Waals surface area contributed by atoms with Crippen LogP contribution in [0.1, 0.15) is 71.1 Å². The summed E-state index contributed by atoms with van der Waals surface area (Å²) in [5.74, 6) is -0.247. The fraction of sp³-hybridized carbons (Fsp3) is 0.762. The van der Waals surface area contributed by atoms with E-state index < -0.39 is 12.1 Å². The first-order valence-electron chi connectivity index (χ1n) is 9.98. The van der Waals surface area contributed by atoms with Crippen molar-refractivity contribution in [3.05, 3.63) is 23.8 Å². The van der Waals surface area contributed by atoms with Gasteiger partial charge in [0.2, 0.25) is 0 Å². The van der Waals surface area contributed by atoms with Gasteiger partial charge in [0.05, 0.1) is 12.2 Å². The van der Waals surface area contributed by atoms with E-state index in [1.165, 1.54) is 25.7 Å². The second kappa shape index (κ2) is 10.1. The van der Waals surface area contributed by atoms with Gasteiger partial charge in [-0.2, -0.15) is 0 Å². The number of carboxylic acids is 1. The van der Waals surface area contributed by atoms with Crippen LogP contribution in [0.25, 0.3) is 0 Å². The fourth-order valence-corrected chi connectivity index (χ4v) is 4.50. The van der Waals surface area contributed by atoms with Gasteiger partial charge in [-0.25, -0.2) is 0 Å². The molecule has 2 aliphatic rings. The van der Waals surface area contributed by atoms with Gasteiger partial charge in [0, 0.05) is 18.3 Å². The number of carboxylic acid groups (broad SMARTS) is 1. The van der Waals surface area contributed by atoms with Crippen LogP contribution in [-0.2, 0) is 4.79 Å². The number of aliphatic carboxylic acids is 1. The maximum Gasteiger partial charge on any atom is 0.303 e. The molecule has 0 aromatic carbocycles.